The minimum atomic E-state index is -0.00913. The van der Waals surface area contributed by atoms with Gasteiger partial charge in [0.05, 0.1) is 11.2 Å². The number of anilines is 1. The van der Waals surface area contributed by atoms with Gasteiger partial charge < -0.3 is 25.6 Å². The average Bonchev–Trinajstić information content (AvgIpc) is 2.67. The van der Waals surface area contributed by atoms with E-state index in [2.05, 4.69) is 38.0 Å². The number of phenols is 1. The number of amidine groups is 1. The highest BCUT2D eigenvalue weighted by atomic mass is 16.3. The molecule has 4 N–H and O–H groups in total. The Morgan fingerprint density at radius 2 is 1.67 bits per heavy atom. The van der Waals surface area contributed by atoms with E-state index in [1.54, 1.807) is 18.2 Å². The van der Waals surface area contributed by atoms with Gasteiger partial charge in [0.1, 0.15) is 11.6 Å². The molecule has 1 aliphatic rings. The second-order valence-electron chi connectivity index (χ2n) is 10.8. The monoisotopic (exact) mass is 450 g/mol. The molecule has 0 radical (unpaired) electrons. The van der Waals surface area contributed by atoms with E-state index in [0.717, 1.165) is 29.6 Å². The normalized spacial score (nSPS) is 17.9. The fourth-order valence-corrected chi connectivity index (χ4v) is 5.07. The summed E-state index contributed by atoms with van der Waals surface area (Å²) in [6.45, 7) is 10.7. The van der Waals surface area contributed by atoms with E-state index in [1.807, 2.05) is 50.0 Å². The molecule has 178 valence electrons. The summed E-state index contributed by atoms with van der Waals surface area (Å²) in [5.41, 5.74) is 3.11. The summed E-state index contributed by atoms with van der Waals surface area (Å²) in [5.74, 6) is 0.367. The third-order valence-corrected chi connectivity index (χ3v) is 6.31. The highest BCUT2D eigenvalue weighted by molar-refractivity contribution is 6.13. The van der Waals surface area contributed by atoms with Gasteiger partial charge in [0.15, 0.2) is 0 Å². The van der Waals surface area contributed by atoms with E-state index >= 15 is 0 Å². The van der Waals surface area contributed by atoms with Crippen molar-refractivity contribution < 1.29 is 5.11 Å². The van der Waals surface area contributed by atoms with Crippen LogP contribution in [0.15, 0.2) is 30.4 Å². The maximum Gasteiger partial charge on any atom is 0.127 e. The van der Waals surface area contributed by atoms with E-state index < -0.39 is 0 Å². The molecule has 1 aromatic heterocycles. The lowest BCUT2D eigenvalue weighted by atomic mass is 9.79. The molecule has 0 spiro atoms. The standard InChI is InChI=1S/C26H38N6O/c1-16-11-22(31(6)7)19-12-18(23(33)13-21(19)29-16)20(27)9-10-24(28)32(8)17-14-25(2,3)30-26(4,5)15-17/h9-13,17,27-28,30,33H,14-15H2,1-8H3/b10-9-,27-20?,28-24?. The first kappa shape index (κ1) is 24.7. The maximum atomic E-state index is 10.6. The van der Waals surface area contributed by atoms with Crippen LogP contribution in [-0.4, -0.2) is 64.8 Å². The number of rotatable bonds is 5. The molecule has 0 bridgehead atoms. The fourth-order valence-electron chi connectivity index (χ4n) is 5.07. The molecule has 0 saturated carbocycles. The zero-order valence-electron chi connectivity index (χ0n) is 21.2. The number of fused-ring (bicyclic) bond motifs is 1. The van der Waals surface area contributed by atoms with Gasteiger partial charge in [-0.3, -0.25) is 10.4 Å². The molecule has 0 amide bonds. The molecule has 0 aliphatic carbocycles. The lowest BCUT2D eigenvalue weighted by molar-refractivity contribution is 0.114. The zero-order chi connectivity index (χ0) is 24.7. The molecular weight excluding hydrogens is 412 g/mol. The molecule has 1 fully saturated rings. The highest BCUT2D eigenvalue weighted by Gasteiger charge is 2.39. The number of hydrogen-bond acceptors (Lipinski definition) is 6. The van der Waals surface area contributed by atoms with Crippen LogP contribution in [0.3, 0.4) is 0 Å². The smallest absolute Gasteiger partial charge is 0.127 e. The third kappa shape index (κ3) is 5.53. The number of phenolic OH excluding ortho intramolecular Hbond substituents is 1. The van der Waals surface area contributed by atoms with Crippen molar-refractivity contribution in [3.63, 3.8) is 0 Å². The number of aromatic nitrogens is 1. The van der Waals surface area contributed by atoms with Crippen LogP contribution in [0.5, 0.6) is 5.75 Å². The maximum absolute atomic E-state index is 10.6. The molecule has 0 unspecified atom stereocenters. The van der Waals surface area contributed by atoms with Crippen LogP contribution in [0, 0.1) is 17.7 Å². The second-order valence-corrected chi connectivity index (χ2v) is 10.8. The Morgan fingerprint density at radius 1 is 1.06 bits per heavy atom. The summed E-state index contributed by atoms with van der Waals surface area (Å²) in [5, 5.41) is 32.3. The molecule has 1 saturated heterocycles. The summed E-state index contributed by atoms with van der Waals surface area (Å²) in [4.78, 5) is 8.53. The molecule has 2 heterocycles. The molecule has 1 aromatic carbocycles. The van der Waals surface area contributed by atoms with Gasteiger partial charge in [-0.1, -0.05) is 0 Å². The first-order chi connectivity index (χ1) is 15.2. The van der Waals surface area contributed by atoms with Crippen molar-refractivity contribution in [2.75, 3.05) is 26.0 Å². The van der Waals surface area contributed by atoms with E-state index in [4.69, 9.17) is 10.8 Å². The molecule has 33 heavy (non-hydrogen) atoms. The molecule has 7 heteroatoms. The minimum Gasteiger partial charge on any atom is -0.507 e. The summed E-state index contributed by atoms with van der Waals surface area (Å²) in [7, 11) is 5.88. The Morgan fingerprint density at radius 3 is 2.24 bits per heavy atom. The Balaban J connectivity index is 1.84. The zero-order valence-corrected chi connectivity index (χ0v) is 21.2. The Hall–Kier alpha value is -2.93. The number of piperidine rings is 1. The van der Waals surface area contributed by atoms with E-state index in [1.165, 1.54) is 0 Å². The molecule has 0 atom stereocenters. The number of allylic oxidation sites excluding steroid dienone is 1. The van der Waals surface area contributed by atoms with Crippen LogP contribution in [-0.2, 0) is 0 Å². The van der Waals surface area contributed by atoms with Crippen molar-refractivity contribution in [2.45, 2.75) is 64.6 Å². The number of aryl methyl sites for hydroxylation is 1. The van der Waals surface area contributed by atoms with Crippen LogP contribution in [0.4, 0.5) is 5.69 Å². The first-order valence-electron chi connectivity index (χ1n) is 11.4. The van der Waals surface area contributed by atoms with Gasteiger partial charge in [0, 0.05) is 66.7 Å². The summed E-state index contributed by atoms with van der Waals surface area (Å²) >= 11 is 0. The molecule has 7 nitrogen and oxygen atoms in total. The van der Waals surface area contributed by atoms with Crippen LogP contribution in [0.2, 0.25) is 0 Å². The van der Waals surface area contributed by atoms with Crippen LogP contribution in [0.25, 0.3) is 10.9 Å². The van der Waals surface area contributed by atoms with Gasteiger partial charge in [-0.2, -0.15) is 0 Å². The van der Waals surface area contributed by atoms with Crippen molar-refractivity contribution in [2.24, 2.45) is 0 Å². The highest BCUT2D eigenvalue weighted by Crippen LogP contribution is 2.32. The van der Waals surface area contributed by atoms with Crippen LogP contribution >= 0.6 is 0 Å². The summed E-state index contributed by atoms with van der Waals surface area (Å²) in [6.07, 6.45) is 5.11. The second kappa shape index (κ2) is 8.78. The Bertz CT molecular complexity index is 1100. The van der Waals surface area contributed by atoms with Gasteiger partial charge in [-0.05, 0) is 71.7 Å². The van der Waals surface area contributed by atoms with Gasteiger partial charge in [0.2, 0.25) is 0 Å². The first-order valence-corrected chi connectivity index (χ1v) is 11.4. The summed E-state index contributed by atoms with van der Waals surface area (Å²) in [6, 6.07) is 5.65. The number of nitrogens with one attached hydrogen (secondary N) is 3. The predicted octanol–water partition coefficient (Wildman–Crippen LogP) is 4.46. The quantitative estimate of drug-likeness (QED) is 0.398. The number of hydrogen-bond donors (Lipinski definition) is 4. The molecular formula is C26H38N6O. The predicted molar refractivity (Wildman–Crippen MR) is 138 cm³/mol. The molecule has 2 aromatic rings. The van der Waals surface area contributed by atoms with Gasteiger partial charge in [-0.15, -0.1) is 0 Å². The number of nitrogens with zero attached hydrogens (tertiary/aromatic N) is 3. The minimum absolute atomic E-state index is 0.00913. The van der Waals surface area contributed by atoms with Gasteiger partial charge >= 0.3 is 0 Å². The molecule has 3 rings (SSSR count). The van der Waals surface area contributed by atoms with Gasteiger partial charge in [-0.25, -0.2) is 0 Å². The summed E-state index contributed by atoms with van der Waals surface area (Å²) < 4.78 is 0. The van der Waals surface area contributed by atoms with Crippen molar-refractivity contribution in [3.05, 3.63) is 41.6 Å². The third-order valence-electron chi connectivity index (χ3n) is 6.31. The van der Waals surface area contributed by atoms with E-state index in [0.29, 0.717) is 16.9 Å². The Kier molecular flexibility index (Phi) is 6.58. The topological polar surface area (TPSA) is 99.3 Å². The largest absolute Gasteiger partial charge is 0.507 e. The van der Waals surface area contributed by atoms with E-state index in [-0.39, 0.29) is 28.6 Å². The van der Waals surface area contributed by atoms with E-state index in [9.17, 15) is 5.11 Å². The van der Waals surface area contributed by atoms with Crippen molar-refractivity contribution >= 4 is 28.1 Å². The number of likely N-dealkylation sites (N-methyl/N-ethyl adjacent to an activating group) is 1. The lowest BCUT2D eigenvalue weighted by Crippen LogP contribution is -2.62. The van der Waals surface area contributed by atoms with Crippen molar-refractivity contribution in [1.29, 1.82) is 10.8 Å². The number of benzene rings is 1. The van der Waals surface area contributed by atoms with Crippen molar-refractivity contribution in [1.82, 2.24) is 15.2 Å². The lowest BCUT2D eigenvalue weighted by Gasteiger charge is -2.49. The number of aromatic hydroxyl groups is 1. The van der Waals surface area contributed by atoms with Crippen molar-refractivity contribution in [3.8, 4) is 5.75 Å². The average molecular weight is 451 g/mol. The van der Waals surface area contributed by atoms with Gasteiger partial charge in [0.25, 0.3) is 0 Å². The molecule has 1 aliphatic heterocycles. The van der Waals surface area contributed by atoms with Crippen LogP contribution < -0.4 is 10.2 Å². The Labute approximate surface area is 197 Å². The fraction of sp³-hybridized carbons (Fsp3) is 0.500. The van der Waals surface area contributed by atoms with Crippen LogP contribution in [0.1, 0.15) is 51.8 Å². The SMILES string of the molecule is Cc1cc(N(C)C)c2cc(C(=N)/C=C\C(=N)N(C)C3CC(C)(C)NC(C)(C)C3)c(O)cc2n1. The number of pyridine rings is 1.